The van der Waals surface area contributed by atoms with Gasteiger partial charge in [-0.1, -0.05) is 140 Å². The van der Waals surface area contributed by atoms with E-state index in [1.54, 1.807) is 0 Å². The van der Waals surface area contributed by atoms with E-state index in [2.05, 4.69) is 185 Å². The number of hydrogen-bond donors (Lipinski definition) is 0. The van der Waals surface area contributed by atoms with Crippen LogP contribution in [0.5, 0.6) is 0 Å². The third-order valence-electron chi connectivity index (χ3n) is 11.0. The van der Waals surface area contributed by atoms with Gasteiger partial charge in [0.15, 0.2) is 0 Å². The summed E-state index contributed by atoms with van der Waals surface area (Å²) in [4.78, 5) is 10.5. The number of aromatic nitrogens is 4. The largest absolute Gasteiger partial charge is 0.309 e. The molecule has 0 spiro atoms. The Bertz CT molecular complexity index is 3210. The van der Waals surface area contributed by atoms with Gasteiger partial charge in [-0.2, -0.15) is 0 Å². The molecule has 0 fully saturated rings. The number of benzene rings is 8. The van der Waals surface area contributed by atoms with E-state index in [4.69, 9.17) is 9.97 Å². The fraction of sp³-hybridized carbons (Fsp3) is 0.0400. The lowest BCUT2D eigenvalue weighted by Crippen LogP contribution is -2.03. The first-order valence-corrected chi connectivity index (χ1v) is 18.6. The molecule has 0 radical (unpaired) electrons. The van der Waals surface area contributed by atoms with Crippen LogP contribution in [0.15, 0.2) is 182 Å². The predicted octanol–water partition coefficient (Wildman–Crippen LogP) is 12.4. The van der Waals surface area contributed by atoms with Crippen molar-refractivity contribution in [1.82, 2.24) is 19.1 Å². The summed E-state index contributed by atoms with van der Waals surface area (Å²) >= 11 is 0. The molecule has 4 heteroatoms. The lowest BCUT2D eigenvalue weighted by atomic mass is 10.0. The number of fused-ring (bicyclic) bond motifs is 9. The van der Waals surface area contributed by atoms with Crippen LogP contribution in [-0.4, -0.2) is 19.1 Å². The Hall–Kier alpha value is -7.04. The molecule has 0 aliphatic heterocycles. The molecule has 8 aromatic carbocycles. The quantitative estimate of drug-likeness (QED) is 0.174. The fourth-order valence-electron chi connectivity index (χ4n) is 8.50. The highest BCUT2D eigenvalue weighted by Gasteiger charge is 2.19. The molecule has 3 aromatic heterocycles. The zero-order valence-corrected chi connectivity index (χ0v) is 29.5. The average molecular weight is 691 g/mol. The summed E-state index contributed by atoms with van der Waals surface area (Å²) in [5.41, 5.74) is 11.4. The number of aryl methyl sites for hydroxylation is 2. The van der Waals surface area contributed by atoms with Gasteiger partial charge >= 0.3 is 0 Å². The highest BCUT2D eigenvalue weighted by atomic mass is 15.2. The van der Waals surface area contributed by atoms with Crippen LogP contribution in [0.1, 0.15) is 11.1 Å². The Morgan fingerprint density at radius 1 is 0.389 bits per heavy atom. The van der Waals surface area contributed by atoms with Crippen molar-refractivity contribution in [1.29, 1.82) is 0 Å². The first-order chi connectivity index (χ1) is 26.8. The van der Waals surface area contributed by atoms with Crippen LogP contribution < -0.4 is 0 Å². The van der Waals surface area contributed by atoms with Crippen molar-refractivity contribution in [3.63, 3.8) is 0 Å². The van der Waals surface area contributed by atoms with Gasteiger partial charge in [0.2, 0.25) is 5.95 Å². The van der Waals surface area contributed by atoms with Crippen molar-refractivity contribution >= 4 is 65.3 Å². The van der Waals surface area contributed by atoms with Gasteiger partial charge in [-0.25, -0.2) is 9.97 Å². The summed E-state index contributed by atoms with van der Waals surface area (Å²) in [6.45, 7) is 0. The normalized spacial score (nSPS) is 11.9. The van der Waals surface area contributed by atoms with Gasteiger partial charge in [-0.15, -0.1) is 0 Å². The Morgan fingerprint density at radius 2 is 1.00 bits per heavy atom. The Labute approximate surface area is 312 Å². The van der Waals surface area contributed by atoms with E-state index >= 15 is 0 Å². The standard InChI is InChI=1S/C50H34N4/c1-3-14-36(15-4-1)49-41-20-9-11-21-43(41)51-50(52-49)54-44-22-12-10-19-39(44)40-28-25-33(31-46(40)54)23-24-34-26-29-42-47(32-34)53(37-16-5-2-6-17-37)45-30-27-35-13-7-8-18-38(35)48(42)45/h1-22,25-32H,23-24H2. The summed E-state index contributed by atoms with van der Waals surface area (Å²) in [5, 5.41) is 8.59. The minimum atomic E-state index is 0.683. The van der Waals surface area contributed by atoms with Crippen molar-refractivity contribution in [3.8, 4) is 22.9 Å². The SMILES string of the molecule is c1ccc(-c2nc(-n3c4ccccc4c4ccc(CCc5ccc6c7c8ccccc8ccc7n(-c7ccccc7)c6c5)cc43)nc3ccccc23)cc1. The third-order valence-corrected chi connectivity index (χ3v) is 11.0. The number of hydrogen-bond acceptors (Lipinski definition) is 2. The van der Waals surface area contributed by atoms with Crippen molar-refractivity contribution in [2.45, 2.75) is 12.8 Å². The molecule has 0 bridgehead atoms. The van der Waals surface area contributed by atoms with E-state index in [1.807, 2.05) is 6.07 Å². The molecule has 11 aromatic rings. The first-order valence-electron chi connectivity index (χ1n) is 18.6. The minimum Gasteiger partial charge on any atom is -0.309 e. The lowest BCUT2D eigenvalue weighted by molar-refractivity contribution is 0.958. The van der Waals surface area contributed by atoms with E-state index in [-0.39, 0.29) is 0 Å². The molecule has 0 N–H and O–H groups in total. The molecule has 0 atom stereocenters. The van der Waals surface area contributed by atoms with E-state index in [0.29, 0.717) is 5.95 Å². The molecule has 0 unspecified atom stereocenters. The van der Waals surface area contributed by atoms with Gasteiger partial charge in [-0.3, -0.25) is 4.57 Å². The van der Waals surface area contributed by atoms with Gasteiger partial charge in [0, 0.05) is 38.2 Å². The molecule has 0 aliphatic rings. The molecule has 0 amide bonds. The maximum absolute atomic E-state index is 5.29. The van der Waals surface area contributed by atoms with Crippen LogP contribution in [0.3, 0.4) is 0 Å². The monoisotopic (exact) mass is 690 g/mol. The van der Waals surface area contributed by atoms with Crippen molar-refractivity contribution in [3.05, 3.63) is 193 Å². The molecule has 0 saturated carbocycles. The zero-order valence-electron chi connectivity index (χ0n) is 29.5. The third kappa shape index (κ3) is 4.84. The van der Waals surface area contributed by atoms with Crippen LogP contribution in [0.25, 0.3) is 88.2 Å². The number of para-hydroxylation sites is 3. The molecule has 3 heterocycles. The average Bonchev–Trinajstić information content (AvgIpc) is 3.75. The lowest BCUT2D eigenvalue weighted by Gasteiger charge is -2.12. The number of rotatable bonds is 6. The molecule has 11 rings (SSSR count). The summed E-state index contributed by atoms with van der Waals surface area (Å²) in [6.07, 6.45) is 1.83. The first kappa shape index (κ1) is 30.6. The second kappa shape index (κ2) is 12.3. The van der Waals surface area contributed by atoms with E-state index in [0.717, 1.165) is 46.0 Å². The van der Waals surface area contributed by atoms with Gasteiger partial charge in [0.05, 0.1) is 33.3 Å². The Morgan fingerprint density at radius 3 is 1.80 bits per heavy atom. The van der Waals surface area contributed by atoms with Crippen molar-refractivity contribution < 1.29 is 0 Å². The minimum absolute atomic E-state index is 0.683. The predicted molar refractivity (Wildman–Crippen MR) is 225 cm³/mol. The highest BCUT2D eigenvalue weighted by Crippen LogP contribution is 2.38. The highest BCUT2D eigenvalue weighted by molar-refractivity contribution is 6.21. The summed E-state index contributed by atoms with van der Waals surface area (Å²) in [5.74, 6) is 0.683. The molecule has 54 heavy (non-hydrogen) atoms. The van der Waals surface area contributed by atoms with Crippen LogP contribution in [0.2, 0.25) is 0 Å². The fourth-order valence-corrected chi connectivity index (χ4v) is 8.50. The molecule has 254 valence electrons. The van der Waals surface area contributed by atoms with E-state index in [1.165, 1.54) is 60.2 Å². The van der Waals surface area contributed by atoms with Crippen molar-refractivity contribution in [2.24, 2.45) is 0 Å². The maximum Gasteiger partial charge on any atom is 0.235 e. The van der Waals surface area contributed by atoms with Gasteiger partial charge in [0.25, 0.3) is 0 Å². The summed E-state index contributed by atoms with van der Waals surface area (Å²) < 4.78 is 4.68. The van der Waals surface area contributed by atoms with Gasteiger partial charge in [-0.05, 0) is 77.2 Å². The van der Waals surface area contributed by atoms with Crippen LogP contribution in [0, 0.1) is 0 Å². The van der Waals surface area contributed by atoms with Crippen LogP contribution >= 0.6 is 0 Å². The number of nitrogens with zero attached hydrogens (tertiary/aromatic N) is 4. The molecular formula is C50H34N4. The van der Waals surface area contributed by atoms with E-state index in [9.17, 15) is 0 Å². The second-order valence-electron chi connectivity index (χ2n) is 14.2. The maximum atomic E-state index is 5.29. The van der Waals surface area contributed by atoms with Gasteiger partial charge in [0.1, 0.15) is 0 Å². The molecular weight excluding hydrogens is 657 g/mol. The Balaban J connectivity index is 1.03. The Kier molecular flexibility index (Phi) is 6.96. The summed E-state index contributed by atoms with van der Waals surface area (Å²) in [6, 6.07) is 65.3. The molecule has 4 nitrogen and oxygen atoms in total. The van der Waals surface area contributed by atoms with E-state index < -0.39 is 0 Å². The van der Waals surface area contributed by atoms with Crippen LogP contribution in [-0.2, 0) is 12.8 Å². The molecule has 0 saturated heterocycles. The second-order valence-corrected chi connectivity index (χ2v) is 14.2. The topological polar surface area (TPSA) is 35.6 Å². The zero-order chi connectivity index (χ0) is 35.6. The van der Waals surface area contributed by atoms with Crippen LogP contribution in [0.4, 0.5) is 0 Å². The van der Waals surface area contributed by atoms with Gasteiger partial charge < -0.3 is 4.57 Å². The molecule has 0 aliphatic carbocycles. The smallest absolute Gasteiger partial charge is 0.235 e. The van der Waals surface area contributed by atoms with Crippen molar-refractivity contribution in [2.75, 3.05) is 0 Å². The summed E-state index contributed by atoms with van der Waals surface area (Å²) in [7, 11) is 0.